The monoisotopic (exact) mass is 273 g/mol. The fourth-order valence-corrected chi connectivity index (χ4v) is 2.84. The van der Waals surface area contributed by atoms with Gasteiger partial charge in [-0.15, -0.1) is 0 Å². The fourth-order valence-electron chi connectivity index (χ4n) is 2.17. The van der Waals surface area contributed by atoms with E-state index in [9.17, 15) is 12.8 Å². The van der Waals surface area contributed by atoms with E-state index in [1.54, 1.807) is 12.1 Å². The first-order valence-corrected chi connectivity index (χ1v) is 7.63. The molecule has 0 bridgehead atoms. The van der Waals surface area contributed by atoms with Gasteiger partial charge < -0.3 is 5.32 Å². The molecule has 6 heteroatoms. The van der Waals surface area contributed by atoms with Crippen LogP contribution in [-0.4, -0.2) is 27.3 Å². The van der Waals surface area contributed by atoms with Crippen LogP contribution in [0.5, 0.6) is 0 Å². The Labute approximate surface area is 106 Å². The molecule has 1 N–H and O–H groups in total. The zero-order valence-corrected chi connectivity index (χ0v) is 10.9. The number of benzene rings is 1. The number of piperidine rings is 1. The molecule has 18 heavy (non-hydrogen) atoms. The van der Waals surface area contributed by atoms with Gasteiger partial charge in [0.25, 0.3) is 10.1 Å². The van der Waals surface area contributed by atoms with Gasteiger partial charge in [-0.25, -0.2) is 4.39 Å². The van der Waals surface area contributed by atoms with Crippen molar-refractivity contribution in [2.45, 2.75) is 25.0 Å². The average molecular weight is 273 g/mol. The predicted octanol–water partition coefficient (Wildman–Crippen LogP) is 1.59. The van der Waals surface area contributed by atoms with Crippen LogP contribution in [0.1, 0.15) is 24.4 Å². The Hall–Kier alpha value is -0.980. The minimum atomic E-state index is -3.42. The highest BCUT2D eigenvalue weighted by molar-refractivity contribution is 7.86. The van der Waals surface area contributed by atoms with E-state index >= 15 is 0 Å². The highest BCUT2D eigenvalue weighted by Crippen LogP contribution is 2.25. The molecule has 1 aliphatic heterocycles. The van der Waals surface area contributed by atoms with E-state index in [1.807, 2.05) is 0 Å². The van der Waals surface area contributed by atoms with Crippen molar-refractivity contribution in [1.29, 1.82) is 0 Å². The molecule has 0 amide bonds. The van der Waals surface area contributed by atoms with Gasteiger partial charge in [0.2, 0.25) is 0 Å². The minimum Gasteiger partial charge on any atom is -0.310 e. The highest BCUT2D eigenvalue weighted by atomic mass is 32.2. The molecule has 1 saturated heterocycles. The zero-order valence-electron chi connectivity index (χ0n) is 10.1. The molecule has 100 valence electrons. The average Bonchev–Trinajstić information content (AvgIpc) is 2.28. The van der Waals surface area contributed by atoms with Gasteiger partial charge in [-0.2, -0.15) is 8.42 Å². The van der Waals surface area contributed by atoms with E-state index in [0.717, 1.165) is 11.8 Å². The van der Waals surface area contributed by atoms with Gasteiger partial charge in [-0.05, 0) is 37.1 Å². The van der Waals surface area contributed by atoms with Crippen LogP contribution in [-0.2, 0) is 14.3 Å². The van der Waals surface area contributed by atoms with E-state index < -0.39 is 10.1 Å². The quantitative estimate of drug-likeness (QED) is 0.850. The SMILES string of the molecule is CS(=O)(=O)O[C@@H]1CCN[C@H](c2ccc(F)cc2)C1. The summed E-state index contributed by atoms with van der Waals surface area (Å²) in [6.07, 6.45) is 1.97. The van der Waals surface area contributed by atoms with Gasteiger partial charge in [0.1, 0.15) is 5.82 Å². The molecule has 2 atom stereocenters. The van der Waals surface area contributed by atoms with Crippen LogP contribution in [0.2, 0.25) is 0 Å². The Bertz CT molecular complexity index is 501. The molecule has 0 aliphatic carbocycles. The summed E-state index contributed by atoms with van der Waals surface area (Å²) in [6.45, 7) is 0.683. The molecule has 1 aromatic carbocycles. The topological polar surface area (TPSA) is 55.4 Å². The summed E-state index contributed by atoms with van der Waals surface area (Å²) in [5.41, 5.74) is 0.943. The van der Waals surface area contributed by atoms with Crippen molar-refractivity contribution in [2.24, 2.45) is 0 Å². The van der Waals surface area contributed by atoms with Crippen molar-refractivity contribution in [3.8, 4) is 0 Å². The maximum atomic E-state index is 12.8. The number of halogens is 1. The molecule has 0 aromatic heterocycles. The molecule has 1 aliphatic rings. The van der Waals surface area contributed by atoms with Gasteiger partial charge >= 0.3 is 0 Å². The van der Waals surface area contributed by atoms with E-state index in [1.165, 1.54) is 12.1 Å². The van der Waals surface area contributed by atoms with Crippen LogP contribution < -0.4 is 5.32 Å². The van der Waals surface area contributed by atoms with E-state index in [2.05, 4.69) is 5.32 Å². The first-order chi connectivity index (χ1) is 8.44. The lowest BCUT2D eigenvalue weighted by Gasteiger charge is -2.29. The van der Waals surface area contributed by atoms with Crippen LogP contribution in [0.25, 0.3) is 0 Å². The Morgan fingerprint density at radius 3 is 2.61 bits per heavy atom. The van der Waals surface area contributed by atoms with Crippen LogP contribution in [0.3, 0.4) is 0 Å². The second-order valence-corrected chi connectivity index (χ2v) is 6.11. The highest BCUT2D eigenvalue weighted by Gasteiger charge is 2.25. The van der Waals surface area contributed by atoms with Crippen LogP contribution in [0.4, 0.5) is 4.39 Å². The molecule has 1 fully saturated rings. The van der Waals surface area contributed by atoms with Gasteiger partial charge in [0.05, 0.1) is 12.4 Å². The van der Waals surface area contributed by atoms with Gasteiger partial charge in [0, 0.05) is 6.04 Å². The second kappa shape index (κ2) is 5.34. The van der Waals surface area contributed by atoms with Crippen molar-refractivity contribution in [1.82, 2.24) is 5.32 Å². The van der Waals surface area contributed by atoms with Crippen molar-refractivity contribution >= 4 is 10.1 Å². The largest absolute Gasteiger partial charge is 0.310 e. The molecule has 0 unspecified atom stereocenters. The van der Waals surface area contributed by atoms with Crippen molar-refractivity contribution in [3.05, 3.63) is 35.6 Å². The van der Waals surface area contributed by atoms with E-state index in [-0.39, 0.29) is 18.0 Å². The van der Waals surface area contributed by atoms with Gasteiger partial charge in [0.15, 0.2) is 0 Å². The Balaban J connectivity index is 2.04. The summed E-state index contributed by atoms with van der Waals surface area (Å²) in [5, 5.41) is 3.27. The summed E-state index contributed by atoms with van der Waals surface area (Å²) in [5.74, 6) is -0.279. The maximum absolute atomic E-state index is 12.8. The van der Waals surface area contributed by atoms with Crippen LogP contribution >= 0.6 is 0 Å². The molecule has 1 heterocycles. The molecule has 1 aromatic rings. The van der Waals surface area contributed by atoms with Crippen LogP contribution in [0.15, 0.2) is 24.3 Å². The Kier molecular flexibility index (Phi) is 3.99. The van der Waals surface area contributed by atoms with E-state index in [0.29, 0.717) is 19.4 Å². The molecule has 0 radical (unpaired) electrons. The first-order valence-electron chi connectivity index (χ1n) is 5.81. The molecule has 4 nitrogen and oxygen atoms in total. The fraction of sp³-hybridized carbons (Fsp3) is 0.500. The van der Waals surface area contributed by atoms with Gasteiger partial charge in [-0.1, -0.05) is 12.1 Å². The normalized spacial score (nSPS) is 25.0. The third-order valence-electron chi connectivity index (χ3n) is 2.94. The van der Waals surface area contributed by atoms with Crippen molar-refractivity contribution in [3.63, 3.8) is 0 Å². The second-order valence-electron chi connectivity index (χ2n) is 4.50. The minimum absolute atomic E-state index is 0.00565. The first kappa shape index (κ1) is 13.5. The molecule has 0 spiro atoms. The summed E-state index contributed by atoms with van der Waals surface area (Å²) in [7, 11) is -3.42. The van der Waals surface area contributed by atoms with Crippen molar-refractivity contribution < 1.29 is 17.0 Å². The maximum Gasteiger partial charge on any atom is 0.264 e. The summed E-state index contributed by atoms with van der Waals surface area (Å²) in [4.78, 5) is 0. The lowest BCUT2D eigenvalue weighted by molar-refractivity contribution is 0.148. The predicted molar refractivity (Wildman–Crippen MR) is 66.1 cm³/mol. The molecular weight excluding hydrogens is 257 g/mol. The Morgan fingerprint density at radius 2 is 2.00 bits per heavy atom. The third-order valence-corrected chi connectivity index (χ3v) is 3.56. The van der Waals surface area contributed by atoms with Gasteiger partial charge in [-0.3, -0.25) is 4.18 Å². The number of rotatable bonds is 3. The lowest BCUT2D eigenvalue weighted by Crippen LogP contribution is -2.36. The number of nitrogens with one attached hydrogen (secondary N) is 1. The third kappa shape index (κ3) is 3.76. The molecule has 2 rings (SSSR count). The smallest absolute Gasteiger partial charge is 0.264 e. The standard InChI is InChI=1S/C12H16FNO3S/c1-18(15,16)17-11-6-7-14-12(8-11)9-2-4-10(13)5-3-9/h2-5,11-12,14H,6-8H2,1H3/t11-,12+/m1/s1. The number of hydrogen-bond acceptors (Lipinski definition) is 4. The summed E-state index contributed by atoms with van der Waals surface area (Å²) in [6, 6.07) is 6.22. The lowest BCUT2D eigenvalue weighted by atomic mass is 9.96. The number of hydrogen-bond donors (Lipinski definition) is 1. The molecular formula is C12H16FNO3S. The Morgan fingerprint density at radius 1 is 1.33 bits per heavy atom. The van der Waals surface area contributed by atoms with Crippen molar-refractivity contribution in [2.75, 3.05) is 12.8 Å². The van der Waals surface area contributed by atoms with Crippen LogP contribution in [0, 0.1) is 5.82 Å². The zero-order chi connectivity index (χ0) is 13.2. The molecule has 0 saturated carbocycles. The van der Waals surface area contributed by atoms with E-state index in [4.69, 9.17) is 4.18 Å². The summed E-state index contributed by atoms with van der Waals surface area (Å²) >= 11 is 0. The summed E-state index contributed by atoms with van der Waals surface area (Å²) < 4.78 is 40.0.